The second kappa shape index (κ2) is 6.24. The Hall–Kier alpha value is -2.29. The number of ether oxygens (including phenoxy) is 2. The Morgan fingerprint density at radius 3 is 2.55 bits per heavy atom. The summed E-state index contributed by atoms with van der Waals surface area (Å²) in [6.07, 6.45) is 0.301. The number of rotatable bonds is 4. The van der Waals surface area contributed by atoms with Crippen molar-refractivity contribution < 1.29 is 14.3 Å². The third kappa shape index (κ3) is 3.18. The van der Waals surface area contributed by atoms with Crippen molar-refractivity contribution in [3.63, 3.8) is 0 Å². The van der Waals surface area contributed by atoms with Crippen molar-refractivity contribution in [2.45, 2.75) is 13.3 Å². The average molecular weight is 270 g/mol. The zero-order valence-electron chi connectivity index (χ0n) is 12.0. The number of aryl methyl sites for hydroxylation is 1. The molecule has 3 nitrogen and oxygen atoms in total. The van der Waals surface area contributed by atoms with Crippen molar-refractivity contribution in [1.82, 2.24) is 0 Å². The second-order valence-corrected chi connectivity index (χ2v) is 4.63. The Bertz CT molecular complexity index is 617. The van der Waals surface area contributed by atoms with Crippen molar-refractivity contribution in [2.75, 3.05) is 14.2 Å². The maximum Gasteiger partial charge on any atom is 0.309 e. The summed E-state index contributed by atoms with van der Waals surface area (Å²) in [7, 11) is 3.06. The van der Waals surface area contributed by atoms with E-state index in [-0.39, 0.29) is 5.97 Å². The van der Waals surface area contributed by atoms with E-state index in [1.165, 1.54) is 7.11 Å². The molecular weight excluding hydrogens is 252 g/mol. The van der Waals surface area contributed by atoms with Gasteiger partial charge in [0.1, 0.15) is 5.75 Å². The van der Waals surface area contributed by atoms with E-state index in [2.05, 4.69) is 4.74 Å². The van der Waals surface area contributed by atoms with E-state index < -0.39 is 0 Å². The first-order valence-corrected chi connectivity index (χ1v) is 6.45. The monoisotopic (exact) mass is 270 g/mol. The molecule has 3 heteroatoms. The lowest BCUT2D eigenvalue weighted by Gasteiger charge is -2.10. The van der Waals surface area contributed by atoms with Crippen LogP contribution in [0.5, 0.6) is 5.75 Å². The molecule has 0 saturated carbocycles. The molecule has 2 aromatic rings. The predicted molar refractivity (Wildman–Crippen MR) is 78.9 cm³/mol. The zero-order valence-corrected chi connectivity index (χ0v) is 12.0. The lowest BCUT2D eigenvalue weighted by atomic mass is 9.97. The minimum Gasteiger partial charge on any atom is -0.497 e. The van der Waals surface area contributed by atoms with Gasteiger partial charge in [-0.05, 0) is 41.3 Å². The van der Waals surface area contributed by atoms with E-state index in [0.29, 0.717) is 6.42 Å². The Balaban J connectivity index is 2.31. The highest BCUT2D eigenvalue weighted by Crippen LogP contribution is 2.27. The predicted octanol–water partition coefficient (Wildman–Crippen LogP) is 3.39. The minimum atomic E-state index is -0.224. The molecular formula is C17H18O3. The smallest absolute Gasteiger partial charge is 0.309 e. The molecule has 20 heavy (non-hydrogen) atoms. The number of esters is 1. The van der Waals surface area contributed by atoms with E-state index >= 15 is 0 Å². The summed E-state index contributed by atoms with van der Waals surface area (Å²) in [6, 6.07) is 13.9. The van der Waals surface area contributed by atoms with Crippen LogP contribution in [0.15, 0.2) is 42.5 Å². The highest BCUT2D eigenvalue weighted by atomic mass is 16.5. The molecule has 104 valence electrons. The zero-order chi connectivity index (χ0) is 14.5. The van der Waals surface area contributed by atoms with Crippen LogP contribution in [0.3, 0.4) is 0 Å². The summed E-state index contributed by atoms with van der Waals surface area (Å²) in [5, 5.41) is 0. The van der Waals surface area contributed by atoms with Crippen LogP contribution in [0.1, 0.15) is 11.1 Å². The molecule has 2 aromatic carbocycles. The first-order chi connectivity index (χ1) is 9.63. The Kier molecular flexibility index (Phi) is 4.41. The largest absolute Gasteiger partial charge is 0.497 e. The van der Waals surface area contributed by atoms with Gasteiger partial charge in [0.15, 0.2) is 0 Å². The highest BCUT2D eigenvalue weighted by molar-refractivity contribution is 5.74. The number of benzene rings is 2. The summed E-state index contributed by atoms with van der Waals surface area (Å²) in [4.78, 5) is 11.3. The molecule has 0 aliphatic carbocycles. The van der Waals surface area contributed by atoms with Gasteiger partial charge in [-0.15, -0.1) is 0 Å². The fraction of sp³-hybridized carbons (Fsp3) is 0.235. The quantitative estimate of drug-likeness (QED) is 0.799. The molecule has 0 bridgehead atoms. The molecule has 0 atom stereocenters. The molecule has 0 spiro atoms. The van der Waals surface area contributed by atoms with Gasteiger partial charge in [-0.3, -0.25) is 4.79 Å². The number of methoxy groups -OCH3 is 2. The van der Waals surface area contributed by atoms with Gasteiger partial charge in [0.25, 0.3) is 0 Å². The second-order valence-electron chi connectivity index (χ2n) is 4.63. The maximum atomic E-state index is 11.3. The van der Waals surface area contributed by atoms with E-state index in [0.717, 1.165) is 28.0 Å². The number of carbonyl (C=O) groups is 1. The van der Waals surface area contributed by atoms with Crippen molar-refractivity contribution in [3.8, 4) is 16.9 Å². The van der Waals surface area contributed by atoms with E-state index in [1.54, 1.807) is 7.11 Å². The number of hydrogen-bond donors (Lipinski definition) is 0. The number of carbonyl (C=O) groups excluding carboxylic acids is 1. The topological polar surface area (TPSA) is 35.5 Å². The molecule has 0 unspecified atom stereocenters. The summed E-state index contributed by atoms with van der Waals surface area (Å²) in [6.45, 7) is 2.04. The molecule has 2 rings (SSSR count). The average Bonchev–Trinajstić information content (AvgIpc) is 2.47. The van der Waals surface area contributed by atoms with Crippen molar-refractivity contribution >= 4 is 5.97 Å². The van der Waals surface area contributed by atoms with Crippen LogP contribution in [0.25, 0.3) is 11.1 Å². The van der Waals surface area contributed by atoms with Gasteiger partial charge >= 0.3 is 5.97 Å². The van der Waals surface area contributed by atoms with Crippen LogP contribution in [-0.2, 0) is 16.0 Å². The number of hydrogen-bond acceptors (Lipinski definition) is 3. The van der Waals surface area contributed by atoms with Gasteiger partial charge < -0.3 is 9.47 Å². The van der Waals surface area contributed by atoms with E-state index in [1.807, 2.05) is 49.4 Å². The summed E-state index contributed by atoms with van der Waals surface area (Å²) < 4.78 is 9.93. The van der Waals surface area contributed by atoms with Gasteiger partial charge in [0.2, 0.25) is 0 Å². The van der Waals surface area contributed by atoms with Gasteiger partial charge in [-0.25, -0.2) is 0 Å². The normalized spacial score (nSPS) is 10.2. The van der Waals surface area contributed by atoms with Crippen molar-refractivity contribution in [1.29, 1.82) is 0 Å². The van der Waals surface area contributed by atoms with Crippen LogP contribution >= 0.6 is 0 Å². The van der Waals surface area contributed by atoms with Crippen molar-refractivity contribution in [3.05, 3.63) is 53.6 Å². The van der Waals surface area contributed by atoms with Gasteiger partial charge in [0.05, 0.1) is 20.6 Å². The van der Waals surface area contributed by atoms with Gasteiger partial charge in [-0.1, -0.05) is 30.3 Å². The lowest BCUT2D eigenvalue weighted by molar-refractivity contribution is -0.139. The molecule has 0 aliphatic rings. The Morgan fingerprint density at radius 2 is 1.90 bits per heavy atom. The highest BCUT2D eigenvalue weighted by Gasteiger charge is 2.07. The maximum absolute atomic E-state index is 11.3. The molecule has 0 fully saturated rings. The molecule has 0 saturated heterocycles. The molecule has 0 aromatic heterocycles. The van der Waals surface area contributed by atoms with Crippen LogP contribution in [0.2, 0.25) is 0 Å². The third-order valence-corrected chi connectivity index (χ3v) is 3.25. The van der Waals surface area contributed by atoms with Gasteiger partial charge in [-0.2, -0.15) is 0 Å². The first kappa shape index (κ1) is 14.1. The fourth-order valence-corrected chi connectivity index (χ4v) is 2.19. The lowest BCUT2D eigenvalue weighted by Crippen LogP contribution is -2.04. The van der Waals surface area contributed by atoms with Crippen LogP contribution in [0.4, 0.5) is 0 Å². The Morgan fingerprint density at radius 1 is 1.10 bits per heavy atom. The van der Waals surface area contributed by atoms with E-state index in [4.69, 9.17) is 4.74 Å². The molecule has 0 heterocycles. The molecule has 0 radical (unpaired) electrons. The van der Waals surface area contributed by atoms with Crippen LogP contribution in [-0.4, -0.2) is 20.2 Å². The first-order valence-electron chi connectivity index (χ1n) is 6.45. The Labute approximate surface area is 119 Å². The summed E-state index contributed by atoms with van der Waals surface area (Å²) in [5.41, 5.74) is 4.32. The minimum absolute atomic E-state index is 0.224. The van der Waals surface area contributed by atoms with E-state index in [9.17, 15) is 4.79 Å². The fourth-order valence-electron chi connectivity index (χ4n) is 2.19. The van der Waals surface area contributed by atoms with Crippen molar-refractivity contribution in [2.24, 2.45) is 0 Å². The summed E-state index contributed by atoms with van der Waals surface area (Å²) in [5.74, 6) is 0.610. The van der Waals surface area contributed by atoms with Crippen LogP contribution < -0.4 is 4.74 Å². The molecule has 0 aliphatic heterocycles. The standard InChI is InChI=1S/C17H18O3/c1-12-9-13(10-17(18)20-3)7-8-16(12)14-5-4-6-15(11-14)19-2/h4-9,11H,10H2,1-3H3. The third-order valence-electron chi connectivity index (χ3n) is 3.25. The molecule has 0 N–H and O–H groups in total. The van der Waals surface area contributed by atoms with Gasteiger partial charge in [0, 0.05) is 0 Å². The van der Waals surface area contributed by atoms with Crippen LogP contribution in [0, 0.1) is 6.92 Å². The SMILES string of the molecule is COC(=O)Cc1ccc(-c2cccc(OC)c2)c(C)c1. The molecule has 0 amide bonds. The summed E-state index contributed by atoms with van der Waals surface area (Å²) >= 11 is 0.